The molecule has 0 fully saturated rings. The van der Waals surface area contributed by atoms with E-state index in [1.807, 2.05) is 0 Å². The second-order valence-corrected chi connectivity index (χ2v) is 5.60. The molecular weight excluding hydrogens is 326 g/mol. The smallest absolute Gasteiger partial charge is 0.348 e. The summed E-state index contributed by atoms with van der Waals surface area (Å²) in [5, 5.41) is 58.0. The first kappa shape index (κ1) is 20.2. The second kappa shape index (κ2) is 6.98. The number of rotatable bonds is 7. The number of hydrogen-bond acceptors (Lipinski definition) is 11. The molecule has 0 saturated heterocycles. The van der Waals surface area contributed by atoms with Crippen LogP contribution in [-0.4, -0.2) is 72.3 Å². The lowest BCUT2D eigenvalue weighted by Crippen LogP contribution is -2.69. The molecule has 0 aromatic carbocycles. The Kier molecular flexibility index (Phi) is 5.89. The fraction of sp³-hybridized carbons (Fsp3) is 0.667. The number of aliphatic hydroxyl groups excluding tert-OH is 1. The second-order valence-electron chi connectivity index (χ2n) is 5.60. The molecule has 1 aromatic heterocycles. The SMILES string of the molecule is Cc1c(N(C)CC(C)C(O)(O)C(O)(O)NC(O)O)nc(=O)[nH]c1N. The highest BCUT2D eigenvalue weighted by Gasteiger charge is 2.52. The summed E-state index contributed by atoms with van der Waals surface area (Å²) in [6, 6.07) is 0. The van der Waals surface area contributed by atoms with Crippen molar-refractivity contribution in [3.05, 3.63) is 16.0 Å². The summed E-state index contributed by atoms with van der Waals surface area (Å²) in [5.74, 6) is -7.59. The third-order valence-corrected chi connectivity index (χ3v) is 3.63. The van der Waals surface area contributed by atoms with Crippen molar-refractivity contribution in [2.45, 2.75) is 32.0 Å². The molecule has 0 aliphatic rings. The molecular formula is C12H23N5O7. The fourth-order valence-electron chi connectivity index (χ4n) is 2.16. The summed E-state index contributed by atoms with van der Waals surface area (Å²) in [6.07, 6.45) is -2.40. The topological polar surface area (TPSA) is 208 Å². The maximum atomic E-state index is 11.4. The summed E-state index contributed by atoms with van der Waals surface area (Å²) in [7, 11) is 1.48. The molecule has 0 saturated carbocycles. The number of nitrogens with two attached hydrogens (primary N) is 1. The van der Waals surface area contributed by atoms with Gasteiger partial charge in [0, 0.05) is 25.1 Å². The Bertz CT molecular complexity index is 631. The summed E-state index contributed by atoms with van der Waals surface area (Å²) in [6.45, 7) is 2.65. The van der Waals surface area contributed by atoms with E-state index in [2.05, 4.69) is 9.97 Å². The van der Waals surface area contributed by atoms with Gasteiger partial charge in [0.25, 0.3) is 5.91 Å². The van der Waals surface area contributed by atoms with Crippen LogP contribution in [0.1, 0.15) is 12.5 Å². The number of nitrogen functional groups attached to an aromatic ring is 1. The van der Waals surface area contributed by atoms with Gasteiger partial charge in [-0.05, 0) is 6.92 Å². The minimum atomic E-state index is -3.42. The molecule has 24 heavy (non-hydrogen) atoms. The average Bonchev–Trinajstić information content (AvgIpc) is 2.40. The van der Waals surface area contributed by atoms with Crippen molar-refractivity contribution < 1.29 is 30.6 Å². The van der Waals surface area contributed by atoms with E-state index in [4.69, 9.17) is 15.9 Å². The zero-order valence-electron chi connectivity index (χ0n) is 13.4. The Labute approximate surface area is 136 Å². The lowest BCUT2D eigenvalue weighted by molar-refractivity contribution is -0.399. The first-order valence-corrected chi connectivity index (χ1v) is 6.90. The van der Waals surface area contributed by atoms with E-state index in [9.17, 15) is 25.2 Å². The van der Waals surface area contributed by atoms with E-state index in [1.54, 1.807) is 6.92 Å². The van der Waals surface area contributed by atoms with Crippen LogP contribution < -0.4 is 21.6 Å². The van der Waals surface area contributed by atoms with Gasteiger partial charge in [0.1, 0.15) is 11.6 Å². The van der Waals surface area contributed by atoms with E-state index in [0.717, 1.165) is 0 Å². The highest BCUT2D eigenvalue weighted by atomic mass is 16.6. The first-order chi connectivity index (χ1) is 10.8. The molecule has 0 radical (unpaired) electrons. The van der Waals surface area contributed by atoms with Crippen molar-refractivity contribution in [2.24, 2.45) is 5.92 Å². The van der Waals surface area contributed by atoms with Gasteiger partial charge in [-0.1, -0.05) is 6.92 Å². The van der Waals surface area contributed by atoms with Crippen LogP contribution in [0.2, 0.25) is 0 Å². The third kappa shape index (κ3) is 4.18. The van der Waals surface area contributed by atoms with Gasteiger partial charge in [0.05, 0.1) is 0 Å². The van der Waals surface area contributed by atoms with Crippen LogP contribution in [0.5, 0.6) is 0 Å². The lowest BCUT2D eigenvalue weighted by atomic mass is 9.96. The van der Waals surface area contributed by atoms with Gasteiger partial charge >= 0.3 is 5.69 Å². The Morgan fingerprint density at radius 2 is 1.88 bits per heavy atom. The van der Waals surface area contributed by atoms with Crippen LogP contribution in [0, 0.1) is 12.8 Å². The molecule has 0 aliphatic carbocycles. The molecule has 1 heterocycles. The zero-order chi connectivity index (χ0) is 18.9. The van der Waals surface area contributed by atoms with Crippen LogP contribution in [-0.2, 0) is 0 Å². The van der Waals surface area contributed by atoms with Crippen LogP contribution in [0.25, 0.3) is 0 Å². The van der Waals surface area contributed by atoms with E-state index >= 15 is 0 Å². The number of aliphatic hydroxyl groups is 6. The molecule has 0 aliphatic heterocycles. The highest BCUT2D eigenvalue weighted by molar-refractivity contribution is 5.55. The Morgan fingerprint density at radius 3 is 2.38 bits per heavy atom. The molecule has 0 amide bonds. The largest absolute Gasteiger partial charge is 0.385 e. The van der Waals surface area contributed by atoms with Gasteiger partial charge in [-0.2, -0.15) is 4.98 Å². The van der Waals surface area contributed by atoms with E-state index in [0.29, 0.717) is 5.56 Å². The number of aromatic amines is 1. The van der Waals surface area contributed by atoms with E-state index in [1.165, 1.54) is 24.2 Å². The predicted molar refractivity (Wildman–Crippen MR) is 82.1 cm³/mol. The van der Waals surface area contributed by atoms with E-state index in [-0.39, 0.29) is 18.2 Å². The van der Waals surface area contributed by atoms with Gasteiger partial charge in [-0.3, -0.25) is 4.98 Å². The normalized spacial score (nSPS) is 14.1. The van der Waals surface area contributed by atoms with Gasteiger partial charge in [0.15, 0.2) is 0 Å². The molecule has 138 valence electrons. The molecule has 10 N–H and O–H groups in total. The average molecular weight is 349 g/mol. The minimum absolute atomic E-state index is 0.0903. The van der Waals surface area contributed by atoms with Crippen LogP contribution >= 0.6 is 0 Å². The zero-order valence-corrected chi connectivity index (χ0v) is 13.4. The molecule has 0 bridgehead atoms. The molecule has 12 heteroatoms. The van der Waals surface area contributed by atoms with Crippen LogP contribution in [0.3, 0.4) is 0 Å². The predicted octanol–water partition coefficient (Wildman–Crippen LogP) is -4.09. The van der Waals surface area contributed by atoms with Crippen LogP contribution in [0.4, 0.5) is 11.6 Å². The van der Waals surface area contributed by atoms with Crippen molar-refractivity contribution in [1.29, 1.82) is 0 Å². The van der Waals surface area contributed by atoms with Gasteiger partial charge < -0.3 is 41.3 Å². The quantitative estimate of drug-likeness (QED) is 0.216. The van der Waals surface area contributed by atoms with Gasteiger partial charge in [0.2, 0.25) is 12.2 Å². The van der Waals surface area contributed by atoms with Gasteiger partial charge in [-0.15, -0.1) is 0 Å². The molecule has 1 unspecified atom stereocenters. The Balaban J connectivity index is 3.02. The third-order valence-electron chi connectivity index (χ3n) is 3.63. The number of nitrogens with zero attached hydrogens (tertiary/aromatic N) is 2. The standard InChI is InChI=1S/C12H23N5O7/c1-5(11(21,22)12(23,24)16-10(19)20)4-17(3)8-6(2)7(13)14-9(18)15-8/h5,10,16,19-24H,4H2,1-3H3,(H3,13,14,15,18). The van der Waals surface area contributed by atoms with Gasteiger partial charge in [-0.25, -0.2) is 10.1 Å². The molecule has 0 spiro atoms. The lowest BCUT2D eigenvalue weighted by Gasteiger charge is -2.40. The maximum Gasteiger partial charge on any atom is 0.348 e. The van der Waals surface area contributed by atoms with Crippen molar-refractivity contribution in [2.75, 3.05) is 24.2 Å². The molecule has 12 nitrogen and oxygen atoms in total. The summed E-state index contributed by atoms with van der Waals surface area (Å²) < 4.78 is 0. The number of nitrogens with one attached hydrogen (secondary N) is 2. The Hall–Kier alpha value is -1.80. The molecule has 1 aromatic rings. The van der Waals surface area contributed by atoms with Crippen molar-refractivity contribution >= 4 is 11.6 Å². The van der Waals surface area contributed by atoms with Crippen molar-refractivity contribution in [3.8, 4) is 0 Å². The maximum absolute atomic E-state index is 11.4. The summed E-state index contributed by atoms with van der Waals surface area (Å²) in [5.41, 5.74) is 5.37. The van der Waals surface area contributed by atoms with Crippen molar-refractivity contribution in [1.82, 2.24) is 15.3 Å². The number of hydrogen-bond donors (Lipinski definition) is 9. The number of anilines is 2. The summed E-state index contributed by atoms with van der Waals surface area (Å²) >= 11 is 0. The summed E-state index contributed by atoms with van der Waals surface area (Å²) in [4.78, 5) is 18.8. The Morgan fingerprint density at radius 1 is 1.33 bits per heavy atom. The fourth-order valence-corrected chi connectivity index (χ4v) is 2.16. The molecule has 1 rings (SSSR count). The van der Waals surface area contributed by atoms with E-state index < -0.39 is 29.7 Å². The number of aromatic nitrogens is 2. The monoisotopic (exact) mass is 349 g/mol. The highest BCUT2D eigenvalue weighted by Crippen LogP contribution is 2.27. The van der Waals surface area contributed by atoms with Crippen LogP contribution in [0.15, 0.2) is 4.79 Å². The first-order valence-electron chi connectivity index (χ1n) is 6.90. The number of H-pyrrole nitrogens is 1. The van der Waals surface area contributed by atoms with Crippen molar-refractivity contribution in [3.63, 3.8) is 0 Å². The minimum Gasteiger partial charge on any atom is -0.385 e. The molecule has 1 atom stereocenters.